The van der Waals surface area contributed by atoms with Gasteiger partial charge in [-0.3, -0.25) is 5.32 Å². The average molecular weight is 249 g/mol. The number of rotatable bonds is 6. The number of nitrogens with one attached hydrogen (secondary N) is 1. The highest BCUT2D eigenvalue weighted by Crippen LogP contribution is 2.27. The second kappa shape index (κ2) is 6.54. The first-order valence-corrected chi connectivity index (χ1v) is 7.55. The molecule has 1 N–H and O–H groups in total. The summed E-state index contributed by atoms with van der Waals surface area (Å²) in [7, 11) is 2.23. The van der Waals surface area contributed by atoms with Gasteiger partial charge in [0, 0.05) is 18.6 Å². The molecule has 18 heavy (non-hydrogen) atoms. The molecule has 3 atom stereocenters. The van der Waals surface area contributed by atoms with Crippen LogP contribution in [-0.4, -0.2) is 36.6 Å². The van der Waals surface area contributed by atoms with Crippen molar-refractivity contribution in [3.8, 4) is 6.07 Å². The quantitative estimate of drug-likeness (QED) is 0.786. The molecule has 2 aliphatic rings. The van der Waals surface area contributed by atoms with Crippen molar-refractivity contribution in [2.24, 2.45) is 5.92 Å². The highest BCUT2D eigenvalue weighted by Gasteiger charge is 2.26. The molecule has 0 amide bonds. The van der Waals surface area contributed by atoms with Gasteiger partial charge in [-0.05, 0) is 45.1 Å². The van der Waals surface area contributed by atoms with Crippen LogP contribution < -0.4 is 5.32 Å². The molecule has 3 unspecified atom stereocenters. The zero-order valence-corrected chi connectivity index (χ0v) is 11.9. The van der Waals surface area contributed by atoms with Crippen LogP contribution >= 0.6 is 0 Å². The molecule has 0 spiro atoms. The maximum Gasteiger partial charge on any atom is 0.0967 e. The van der Waals surface area contributed by atoms with Gasteiger partial charge in [-0.25, -0.2) is 0 Å². The molecule has 102 valence electrons. The lowest BCUT2D eigenvalue weighted by molar-refractivity contribution is 0.160. The number of nitrogens with zero attached hydrogens (tertiary/aromatic N) is 2. The smallest absolute Gasteiger partial charge is 0.0967 e. The topological polar surface area (TPSA) is 39.1 Å². The van der Waals surface area contributed by atoms with Gasteiger partial charge in [0.05, 0.1) is 12.1 Å². The summed E-state index contributed by atoms with van der Waals surface area (Å²) in [5.74, 6) is 0.877. The molecule has 3 heteroatoms. The van der Waals surface area contributed by atoms with Crippen molar-refractivity contribution in [3.05, 3.63) is 0 Å². The van der Waals surface area contributed by atoms with Crippen LogP contribution in [0, 0.1) is 17.2 Å². The maximum absolute atomic E-state index is 9.14. The summed E-state index contributed by atoms with van der Waals surface area (Å²) in [4.78, 5) is 2.48. The third-order valence-electron chi connectivity index (χ3n) is 4.47. The van der Waals surface area contributed by atoms with Crippen molar-refractivity contribution in [3.63, 3.8) is 0 Å². The van der Waals surface area contributed by atoms with Crippen molar-refractivity contribution < 1.29 is 0 Å². The fourth-order valence-corrected chi connectivity index (χ4v) is 3.04. The van der Waals surface area contributed by atoms with Gasteiger partial charge in [0.1, 0.15) is 0 Å². The average Bonchev–Trinajstić information content (AvgIpc) is 3.18. The van der Waals surface area contributed by atoms with E-state index in [1.165, 1.54) is 38.5 Å². The minimum absolute atomic E-state index is 0.0564. The lowest BCUT2D eigenvalue weighted by atomic mass is 9.86. The summed E-state index contributed by atoms with van der Waals surface area (Å²) in [5, 5.41) is 12.6. The monoisotopic (exact) mass is 249 g/mol. The Hall–Kier alpha value is -0.590. The minimum atomic E-state index is 0.0564. The summed E-state index contributed by atoms with van der Waals surface area (Å²) in [5.41, 5.74) is 0. The molecule has 0 aromatic heterocycles. The molecular formula is C15H27N3. The predicted octanol–water partition coefficient (Wildman–Crippen LogP) is 2.53. The Kier molecular flexibility index (Phi) is 5.03. The van der Waals surface area contributed by atoms with E-state index in [0.717, 1.165) is 24.9 Å². The van der Waals surface area contributed by atoms with Crippen LogP contribution in [0.2, 0.25) is 0 Å². The summed E-state index contributed by atoms with van der Waals surface area (Å²) >= 11 is 0. The highest BCUT2D eigenvalue weighted by molar-refractivity contribution is 4.96. The Bertz CT molecular complexity index is 293. The third kappa shape index (κ3) is 4.26. The van der Waals surface area contributed by atoms with Crippen LogP contribution in [0.25, 0.3) is 0 Å². The van der Waals surface area contributed by atoms with Gasteiger partial charge >= 0.3 is 0 Å². The van der Waals surface area contributed by atoms with E-state index in [-0.39, 0.29) is 6.04 Å². The lowest BCUT2D eigenvalue weighted by Crippen LogP contribution is -2.39. The molecule has 0 bridgehead atoms. The molecule has 0 saturated heterocycles. The Balaban J connectivity index is 1.69. The molecule has 2 aliphatic carbocycles. The lowest BCUT2D eigenvalue weighted by Gasteiger charge is -2.34. The molecular weight excluding hydrogens is 222 g/mol. The standard InChI is InChI=1S/C15H27N3/c1-12-4-3-5-15(10-12)18(2)9-8-14(11-16)17-13-6-7-13/h12-15,17H,3-10H2,1-2H3. The highest BCUT2D eigenvalue weighted by atomic mass is 15.1. The Labute approximate surface area is 112 Å². The first-order valence-electron chi connectivity index (χ1n) is 7.55. The zero-order valence-electron chi connectivity index (χ0n) is 11.9. The van der Waals surface area contributed by atoms with Crippen LogP contribution in [0.3, 0.4) is 0 Å². The van der Waals surface area contributed by atoms with Gasteiger partial charge in [0.15, 0.2) is 0 Å². The fourth-order valence-electron chi connectivity index (χ4n) is 3.04. The molecule has 2 rings (SSSR count). The van der Waals surface area contributed by atoms with Gasteiger partial charge in [0.2, 0.25) is 0 Å². The first kappa shape index (κ1) is 13.8. The maximum atomic E-state index is 9.14. The van der Waals surface area contributed by atoms with E-state index in [0.29, 0.717) is 6.04 Å². The van der Waals surface area contributed by atoms with Gasteiger partial charge in [-0.15, -0.1) is 0 Å². The van der Waals surface area contributed by atoms with Crippen molar-refractivity contribution in [1.29, 1.82) is 5.26 Å². The summed E-state index contributed by atoms with van der Waals surface area (Å²) in [6.45, 7) is 3.42. The molecule has 0 aliphatic heterocycles. The van der Waals surface area contributed by atoms with Crippen molar-refractivity contribution >= 4 is 0 Å². The zero-order chi connectivity index (χ0) is 13.0. The van der Waals surface area contributed by atoms with E-state index in [9.17, 15) is 0 Å². The van der Waals surface area contributed by atoms with E-state index in [4.69, 9.17) is 5.26 Å². The van der Waals surface area contributed by atoms with Gasteiger partial charge in [0.25, 0.3) is 0 Å². The van der Waals surface area contributed by atoms with Crippen molar-refractivity contribution in [2.75, 3.05) is 13.6 Å². The van der Waals surface area contributed by atoms with Crippen LogP contribution in [0.5, 0.6) is 0 Å². The van der Waals surface area contributed by atoms with Gasteiger partial charge in [-0.1, -0.05) is 19.8 Å². The Morgan fingerprint density at radius 1 is 1.33 bits per heavy atom. The van der Waals surface area contributed by atoms with E-state index in [2.05, 4.69) is 30.3 Å². The molecule has 2 fully saturated rings. The SMILES string of the molecule is CC1CCCC(N(C)CCC(C#N)NC2CC2)C1. The van der Waals surface area contributed by atoms with E-state index in [1.807, 2.05) is 0 Å². The summed E-state index contributed by atoms with van der Waals surface area (Å²) in [6, 6.07) is 3.84. The van der Waals surface area contributed by atoms with Crippen LogP contribution in [-0.2, 0) is 0 Å². The molecule has 0 radical (unpaired) electrons. The van der Waals surface area contributed by atoms with Gasteiger partial charge in [-0.2, -0.15) is 5.26 Å². The fraction of sp³-hybridized carbons (Fsp3) is 0.933. The van der Waals surface area contributed by atoms with E-state index >= 15 is 0 Å². The molecule has 2 saturated carbocycles. The summed E-state index contributed by atoms with van der Waals surface area (Å²) in [6.07, 6.45) is 8.93. The van der Waals surface area contributed by atoms with Crippen molar-refractivity contribution in [1.82, 2.24) is 10.2 Å². The minimum Gasteiger partial charge on any atom is -0.303 e. The molecule has 0 aromatic rings. The summed E-state index contributed by atoms with van der Waals surface area (Å²) < 4.78 is 0. The molecule has 0 aromatic carbocycles. The number of hydrogen-bond acceptors (Lipinski definition) is 3. The van der Waals surface area contributed by atoms with E-state index in [1.54, 1.807) is 0 Å². The van der Waals surface area contributed by atoms with Crippen LogP contribution in [0.15, 0.2) is 0 Å². The normalized spacial score (nSPS) is 30.1. The van der Waals surface area contributed by atoms with Crippen LogP contribution in [0.1, 0.15) is 51.9 Å². The first-order chi connectivity index (χ1) is 8.69. The van der Waals surface area contributed by atoms with Crippen molar-refractivity contribution in [2.45, 2.75) is 70.0 Å². The Morgan fingerprint density at radius 2 is 2.11 bits per heavy atom. The second-order valence-electron chi connectivity index (χ2n) is 6.32. The molecule has 0 heterocycles. The second-order valence-corrected chi connectivity index (χ2v) is 6.32. The molecule has 3 nitrogen and oxygen atoms in total. The third-order valence-corrected chi connectivity index (χ3v) is 4.47. The number of nitriles is 1. The largest absolute Gasteiger partial charge is 0.303 e. The van der Waals surface area contributed by atoms with Crippen LogP contribution in [0.4, 0.5) is 0 Å². The van der Waals surface area contributed by atoms with E-state index < -0.39 is 0 Å². The van der Waals surface area contributed by atoms with Gasteiger partial charge < -0.3 is 4.90 Å². The predicted molar refractivity (Wildman–Crippen MR) is 74.2 cm³/mol. The number of hydrogen-bond donors (Lipinski definition) is 1. The Morgan fingerprint density at radius 3 is 2.72 bits per heavy atom.